The van der Waals surface area contributed by atoms with Crippen molar-refractivity contribution in [3.63, 3.8) is 0 Å². The first kappa shape index (κ1) is 17.5. The highest BCUT2D eigenvalue weighted by molar-refractivity contribution is 5.95. The highest BCUT2D eigenvalue weighted by atomic mass is 16.2. The Morgan fingerprint density at radius 2 is 1.74 bits per heavy atom. The van der Waals surface area contributed by atoms with Gasteiger partial charge < -0.3 is 4.90 Å². The van der Waals surface area contributed by atoms with E-state index in [0.29, 0.717) is 5.92 Å². The minimum absolute atomic E-state index is 0.119. The van der Waals surface area contributed by atoms with Gasteiger partial charge in [0.25, 0.3) is 5.91 Å². The Bertz CT molecular complexity index is 928. The summed E-state index contributed by atoms with van der Waals surface area (Å²) in [6.07, 6.45) is 4.70. The quantitative estimate of drug-likeness (QED) is 0.662. The summed E-state index contributed by atoms with van der Waals surface area (Å²) < 4.78 is 0. The van der Waals surface area contributed by atoms with Crippen molar-refractivity contribution < 1.29 is 4.79 Å². The number of benzene rings is 2. The third kappa shape index (κ3) is 3.77. The summed E-state index contributed by atoms with van der Waals surface area (Å²) in [6.45, 7) is 5.79. The number of hydrogen-bond acceptors (Lipinski definition) is 2. The summed E-state index contributed by atoms with van der Waals surface area (Å²) in [5.41, 5.74) is 6.83. The van der Waals surface area contributed by atoms with Crippen molar-refractivity contribution in [2.45, 2.75) is 26.2 Å². The Hall–Kier alpha value is -2.94. The number of rotatable bonds is 3. The molecule has 1 aliphatic heterocycles. The molecular formula is C24H24N2O. The van der Waals surface area contributed by atoms with E-state index < -0.39 is 0 Å². The minimum Gasteiger partial charge on any atom is -0.338 e. The number of likely N-dealkylation sites (tertiary alicyclic amines) is 1. The van der Waals surface area contributed by atoms with Crippen LogP contribution in [0.5, 0.6) is 0 Å². The van der Waals surface area contributed by atoms with Gasteiger partial charge in [0.05, 0.1) is 0 Å². The van der Waals surface area contributed by atoms with Crippen LogP contribution in [0.1, 0.15) is 39.4 Å². The van der Waals surface area contributed by atoms with Gasteiger partial charge in [-0.15, -0.1) is 0 Å². The maximum Gasteiger partial charge on any atom is 0.253 e. The molecule has 0 spiro atoms. The minimum atomic E-state index is 0.119. The van der Waals surface area contributed by atoms with Crippen LogP contribution in [-0.4, -0.2) is 28.9 Å². The van der Waals surface area contributed by atoms with Gasteiger partial charge >= 0.3 is 0 Å². The average Bonchev–Trinajstić information content (AvgIpc) is 3.18. The van der Waals surface area contributed by atoms with Crippen LogP contribution >= 0.6 is 0 Å². The van der Waals surface area contributed by atoms with Crippen molar-refractivity contribution in [1.82, 2.24) is 9.88 Å². The molecule has 2 heterocycles. The van der Waals surface area contributed by atoms with Crippen molar-refractivity contribution >= 4 is 5.91 Å². The lowest BCUT2D eigenvalue weighted by molar-refractivity contribution is 0.0791. The lowest BCUT2D eigenvalue weighted by Gasteiger charge is -2.17. The lowest BCUT2D eigenvalue weighted by Crippen LogP contribution is -2.28. The highest BCUT2D eigenvalue weighted by Crippen LogP contribution is 2.28. The highest BCUT2D eigenvalue weighted by Gasteiger charge is 2.28. The molecule has 1 unspecified atom stereocenters. The molecule has 136 valence electrons. The van der Waals surface area contributed by atoms with E-state index in [-0.39, 0.29) is 5.91 Å². The van der Waals surface area contributed by atoms with E-state index >= 15 is 0 Å². The summed E-state index contributed by atoms with van der Waals surface area (Å²) in [7, 11) is 0. The Morgan fingerprint density at radius 1 is 1.00 bits per heavy atom. The number of hydrogen-bond donors (Lipinski definition) is 0. The van der Waals surface area contributed by atoms with E-state index in [4.69, 9.17) is 0 Å². The fourth-order valence-electron chi connectivity index (χ4n) is 3.96. The van der Waals surface area contributed by atoms with E-state index in [9.17, 15) is 4.79 Å². The fourth-order valence-corrected chi connectivity index (χ4v) is 3.96. The first-order chi connectivity index (χ1) is 13.1. The van der Waals surface area contributed by atoms with Crippen LogP contribution in [0.25, 0.3) is 11.1 Å². The molecule has 1 amide bonds. The number of amides is 1. The largest absolute Gasteiger partial charge is 0.338 e. The predicted molar refractivity (Wildman–Crippen MR) is 109 cm³/mol. The predicted octanol–water partition coefficient (Wildman–Crippen LogP) is 5.00. The fraction of sp³-hybridized carbons (Fsp3) is 0.250. The topological polar surface area (TPSA) is 33.2 Å². The van der Waals surface area contributed by atoms with Gasteiger partial charge in [-0.05, 0) is 55.2 Å². The maximum atomic E-state index is 12.9. The average molecular weight is 356 g/mol. The van der Waals surface area contributed by atoms with Gasteiger partial charge in [-0.2, -0.15) is 0 Å². The number of nitrogens with zero attached hydrogens (tertiary/aromatic N) is 2. The number of carbonyl (C=O) groups excluding carboxylic acids is 1. The summed E-state index contributed by atoms with van der Waals surface area (Å²) >= 11 is 0. The summed E-state index contributed by atoms with van der Waals surface area (Å²) in [6, 6.07) is 18.6. The zero-order valence-electron chi connectivity index (χ0n) is 15.9. The van der Waals surface area contributed by atoms with Crippen LogP contribution in [0.15, 0.2) is 67.0 Å². The van der Waals surface area contributed by atoms with Crippen LogP contribution < -0.4 is 0 Å². The summed E-state index contributed by atoms with van der Waals surface area (Å²) in [5.74, 6) is 0.505. The SMILES string of the molecule is Cc1cc(C)cc(-c2ccc(C(=O)N3CCC(c4cccnc4)C3)cc2)c1. The molecule has 27 heavy (non-hydrogen) atoms. The summed E-state index contributed by atoms with van der Waals surface area (Å²) in [4.78, 5) is 19.1. The van der Waals surface area contributed by atoms with E-state index in [2.05, 4.69) is 55.2 Å². The number of carbonyl (C=O) groups is 1. The van der Waals surface area contributed by atoms with E-state index in [1.807, 2.05) is 29.3 Å². The molecule has 1 atom stereocenters. The van der Waals surface area contributed by atoms with Crippen LogP contribution in [-0.2, 0) is 0 Å². The molecule has 1 aromatic heterocycles. The van der Waals surface area contributed by atoms with Crippen molar-refractivity contribution in [2.24, 2.45) is 0 Å². The summed E-state index contributed by atoms with van der Waals surface area (Å²) in [5, 5.41) is 0. The molecule has 0 bridgehead atoms. The first-order valence-corrected chi connectivity index (χ1v) is 9.48. The van der Waals surface area contributed by atoms with Crippen molar-refractivity contribution in [1.29, 1.82) is 0 Å². The number of pyridine rings is 1. The zero-order chi connectivity index (χ0) is 18.8. The number of aromatic nitrogens is 1. The second-order valence-corrected chi connectivity index (χ2v) is 7.48. The molecule has 0 aliphatic carbocycles. The molecule has 3 aromatic rings. The van der Waals surface area contributed by atoms with Gasteiger partial charge in [0.15, 0.2) is 0 Å². The van der Waals surface area contributed by atoms with Gasteiger partial charge in [0, 0.05) is 37.0 Å². The van der Waals surface area contributed by atoms with Gasteiger partial charge in [0.1, 0.15) is 0 Å². The van der Waals surface area contributed by atoms with Crippen LogP contribution in [0.3, 0.4) is 0 Å². The molecular weight excluding hydrogens is 332 g/mol. The van der Waals surface area contributed by atoms with Crippen molar-refractivity contribution in [3.8, 4) is 11.1 Å². The Morgan fingerprint density at radius 3 is 2.41 bits per heavy atom. The molecule has 1 saturated heterocycles. The normalized spacial score (nSPS) is 16.5. The molecule has 3 heteroatoms. The molecule has 2 aromatic carbocycles. The Balaban J connectivity index is 1.48. The second kappa shape index (κ2) is 7.36. The third-order valence-electron chi connectivity index (χ3n) is 5.32. The standard InChI is InChI=1S/C24H24N2O/c1-17-12-18(2)14-23(13-17)19-5-7-20(8-6-19)24(27)26-11-9-22(16-26)21-4-3-10-25-15-21/h3-8,10,12-15,22H,9,11,16H2,1-2H3. The first-order valence-electron chi connectivity index (χ1n) is 9.48. The second-order valence-electron chi connectivity index (χ2n) is 7.48. The molecule has 1 fully saturated rings. The van der Waals surface area contributed by atoms with Gasteiger partial charge in [-0.3, -0.25) is 9.78 Å². The van der Waals surface area contributed by atoms with Crippen LogP contribution in [0, 0.1) is 13.8 Å². The van der Waals surface area contributed by atoms with E-state index in [1.165, 1.54) is 22.3 Å². The molecule has 1 aliphatic rings. The number of aryl methyl sites for hydroxylation is 2. The van der Waals surface area contributed by atoms with Crippen LogP contribution in [0.4, 0.5) is 0 Å². The molecule has 0 saturated carbocycles. The molecule has 0 radical (unpaired) electrons. The molecule has 3 nitrogen and oxygen atoms in total. The van der Waals surface area contributed by atoms with Crippen molar-refractivity contribution in [3.05, 3.63) is 89.2 Å². The van der Waals surface area contributed by atoms with Crippen LogP contribution in [0.2, 0.25) is 0 Å². The molecule has 0 N–H and O–H groups in total. The maximum absolute atomic E-state index is 12.9. The van der Waals surface area contributed by atoms with Gasteiger partial charge in [-0.25, -0.2) is 0 Å². The van der Waals surface area contributed by atoms with Gasteiger partial charge in [0.2, 0.25) is 0 Å². The van der Waals surface area contributed by atoms with Gasteiger partial charge in [-0.1, -0.05) is 47.5 Å². The Labute approximate surface area is 160 Å². The van der Waals surface area contributed by atoms with E-state index in [1.54, 1.807) is 6.20 Å². The lowest BCUT2D eigenvalue weighted by atomic mass is 9.99. The van der Waals surface area contributed by atoms with Crippen molar-refractivity contribution in [2.75, 3.05) is 13.1 Å². The van der Waals surface area contributed by atoms with E-state index in [0.717, 1.165) is 30.6 Å². The third-order valence-corrected chi connectivity index (χ3v) is 5.32. The monoisotopic (exact) mass is 356 g/mol. The Kier molecular flexibility index (Phi) is 4.76. The smallest absolute Gasteiger partial charge is 0.253 e. The molecule has 4 rings (SSSR count). The zero-order valence-corrected chi connectivity index (χ0v) is 15.9.